The summed E-state index contributed by atoms with van der Waals surface area (Å²) in [5, 5.41) is 1.43. The van der Waals surface area contributed by atoms with Crippen LogP contribution in [-0.2, 0) is 21.4 Å². The molecule has 0 saturated heterocycles. The number of ether oxygens (including phenoxy) is 1. The van der Waals surface area contributed by atoms with E-state index in [1.807, 2.05) is 0 Å². The molecule has 0 aliphatic heterocycles. The minimum absolute atomic E-state index is 0.0373. The van der Waals surface area contributed by atoms with Gasteiger partial charge in [-0.1, -0.05) is 30.3 Å². The van der Waals surface area contributed by atoms with Gasteiger partial charge >= 0.3 is 16.2 Å². The van der Waals surface area contributed by atoms with Crippen molar-refractivity contribution in [2.45, 2.75) is 12.5 Å². The SMILES string of the molecule is COc1ccc(N(C)C(=O)[C@H](Cc2ccccc2)NC(=O)NS(=O)(=O)n2ccc3c(F)c(F)c(F)c(F)c32)cc1. The molecule has 14 heteroatoms. The van der Waals surface area contributed by atoms with Crippen LogP contribution in [0.3, 0.4) is 0 Å². The number of anilines is 1. The second kappa shape index (κ2) is 11.3. The molecule has 1 heterocycles. The van der Waals surface area contributed by atoms with E-state index in [9.17, 15) is 35.6 Å². The summed E-state index contributed by atoms with van der Waals surface area (Å²) in [6, 6.07) is 13.0. The highest BCUT2D eigenvalue weighted by Gasteiger charge is 2.30. The van der Waals surface area contributed by atoms with Crippen molar-refractivity contribution >= 4 is 38.7 Å². The number of carbonyl (C=O) groups is 2. The van der Waals surface area contributed by atoms with Crippen LogP contribution in [0, 0.1) is 23.3 Å². The minimum Gasteiger partial charge on any atom is -0.497 e. The first-order valence-corrected chi connectivity index (χ1v) is 13.0. The molecule has 9 nitrogen and oxygen atoms in total. The molecule has 4 aromatic rings. The Hall–Kier alpha value is -4.59. The highest BCUT2D eigenvalue weighted by molar-refractivity contribution is 7.88. The Morgan fingerprint density at radius 1 is 0.925 bits per heavy atom. The van der Waals surface area contributed by atoms with Gasteiger partial charge in [-0.15, -0.1) is 0 Å². The van der Waals surface area contributed by atoms with Gasteiger partial charge in [0.25, 0.3) is 0 Å². The van der Waals surface area contributed by atoms with Crippen molar-refractivity contribution in [3.63, 3.8) is 0 Å². The van der Waals surface area contributed by atoms with Crippen molar-refractivity contribution < 1.29 is 40.3 Å². The van der Waals surface area contributed by atoms with E-state index >= 15 is 0 Å². The molecule has 1 aromatic heterocycles. The fourth-order valence-corrected chi connectivity index (χ4v) is 5.02. The van der Waals surface area contributed by atoms with Crippen LogP contribution in [0.1, 0.15) is 5.56 Å². The number of amides is 3. The van der Waals surface area contributed by atoms with Crippen molar-refractivity contribution in [1.29, 1.82) is 0 Å². The number of likely N-dealkylation sites (N-methyl/N-ethyl adjacent to an activating group) is 1. The van der Waals surface area contributed by atoms with Gasteiger partial charge in [-0.3, -0.25) is 4.79 Å². The van der Waals surface area contributed by atoms with Crippen LogP contribution in [0.2, 0.25) is 0 Å². The first-order valence-electron chi connectivity index (χ1n) is 11.6. The summed E-state index contributed by atoms with van der Waals surface area (Å²) in [4.78, 5) is 27.4. The van der Waals surface area contributed by atoms with Gasteiger partial charge in [-0.05, 0) is 35.9 Å². The van der Waals surface area contributed by atoms with E-state index in [0.717, 1.165) is 0 Å². The van der Waals surface area contributed by atoms with Gasteiger partial charge in [-0.2, -0.15) is 8.42 Å². The Labute approximate surface area is 226 Å². The Balaban J connectivity index is 1.61. The van der Waals surface area contributed by atoms with Gasteiger partial charge in [0, 0.05) is 30.7 Å². The van der Waals surface area contributed by atoms with E-state index in [4.69, 9.17) is 4.74 Å². The maximum atomic E-state index is 14.4. The predicted molar refractivity (Wildman–Crippen MR) is 138 cm³/mol. The number of hydrogen-bond donors (Lipinski definition) is 2. The van der Waals surface area contributed by atoms with Crippen LogP contribution in [0.4, 0.5) is 28.0 Å². The Morgan fingerprint density at radius 3 is 2.17 bits per heavy atom. The quantitative estimate of drug-likeness (QED) is 0.188. The number of carbonyl (C=O) groups excluding carboxylic acids is 2. The zero-order valence-corrected chi connectivity index (χ0v) is 21.8. The molecule has 0 saturated carbocycles. The third kappa shape index (κ3) is 5.57. The maximum absolute atomic E-state index is 14.4. The summed E-state index contributed by atoms with van der Waals surface area (Å²) in [6.07, 6.45) is 0.583. The first-order chi connectivity index (χ1) is 18.9. The lowest BCUT2D eigenvalue weighted by Crippen LogP contribution is -2.53. The number of halogens is 4. The molecule has 4 rings (SSSR count). The number of urea groups is 1. The lowest BCUT2D eigenvalue weighted by atomic mass is 10.0. The molecule has 210 valence electrons. The summed E-state index contributed by atoms with van der Waals surface area (Å²) in [5.74, 6) is -8.18. The van der Waals surface area contributed by atoms with Crippen LogP contribution in [0.25, 0.3) is 10.9 Å². The van der Waals surface area contributed by atoms with Crippen LogP contribution in [-0.4, -0.2) is 44.5 Å². The Morgan fingerprint density at radius 2 is 1.55 bits per heavy atom. The normalized spacial score (nSPS) is 12.2. The molecule has 3 aromatic carbocycles. The third-order valence-corrected chi connectivity index (χ3v) is 7.30. The van der Waals surface area contributed by atoms with Gasteiger partial charge in [0.1, 0.15) is 17.3 Å². The highest BCUT2D eigenvalue weighted by atomic mass is 32.2. The number of aromatic nitrogens is 1. The van der Waals surface area contributed by atoms with Crippen molar-refractivity contribution in [2.24, 2.45) is 0 Å². The van der Waals surface area contributed by atoms with Gasteiger partial charge in [0.2, 0.25) is 5.91 Å². The minimum atomic E-state index is -5.02. The summed E-state index contributed by atoms with van der Waals surface area (Å²) in [7, 11) is -2.08. The summed E-state index contributed by atoms with van der Waals surface area (Å²) >= 11 is 0. The van der Waals surface area contributed by atoms with E-state index in [0.29, 0.717) is 29.3 Å². The zero-order valence-electron chi connectivity index (χ0n) is 21.0. The van der Waals surface area contributed by atoms with E-state index < -0.39 is 62.4 Å². The van der Waals surface area contributed by atoms with Crippen molar-refractivity contribution in [3.8, 4) is 5.75 Å². The maximum Gasteiger partial charge on any atom is 0.331 e. The molecule has 0 unspecified atom stereocenters. The highest BCUT2D eigenvalue weighted by Crippen LogP contribution is 2.28. The summed E-state index contributed by atoms with van der Waals surface area (Å²) < 4.78 is 88.4. The predicted octanol–water partition coefficient (Wildman–Crippen LogP) is 3.87. The van der Waals surface area contributed by atoms with Crippen LogP contribution < -0.4 is 19.7 Å². The molecular weight excluding hydrogens is 556 g/mol. The second-order valence-corrected chi connectivity index (χ2v) is 10.1. The molecule has 3 amide bonds. The van der Waals surface area contributed by atoms with Crippen molar-refractivity contribution in [2.75, 3.05) is 19.1 Å². The van der Waals surface area contributed by atoms with Gasteiger partial charge in [0.05, 0.1) is 7.11 Å². The van der Waals surface area contributed by atoms with Crippen LogP contribution >= 0.6 is 0 Å². The van der Waals surface area contributed by atoms with E-state index in [1.54, 1.807) is 59.3 Å². The van der Waals surface area contributed by atoms with Gasteiger partial charge < -0.3 is 15.0 Å². The summed E-state index contributed by atoms with van der Waals surface area (Å²) in [5.41, 5.74) is -0.0595. The zero-order chi connectivity index (χ0) is 29.2. The van der Waals surface area contributed by atoms with Crippen LogP contribution in [0.15, 0.2) is 66.9 Å². The summed E-state index contributed by atoms with van der Waals surface area (Å²) in [6.45, 7) is 0. The molecule has 0 radical (unpaired) electrons. The average molecular weight is 579 g/mol. The molecule has 40 heavy (non-hydrogen) atoms. The number of nitrogens with zero attached hydrogens (tertiary/aromatic N) is 2. The Kier molecular flexibility index (Phi) is 8.00. The molecule has 1 atom stereocenters. The number of hydrogen-bond acceptors (Lipinski definition) is 5. The number of benzene rings is 3. The topological polar surface area (TPSA) is 110 Å². The largest absolute Gasteiger partial charge is 0.497 e. The molecular formula is C26H22F4N4O5S. The van der Waals surface area contributed by atoms with E-state index in [-0.39, 0.29) is 10.4 Å². The number of methoxy groups -OCH3 is 1. The molecule has 0 spiro atoms. The van der Waals surface area contributed by atoms with Gasteiger partial charge in [-0.25, -0.2) is 31.1 Å². The average Bonchev–Trinajstić information content (AvgIpc) is 3.41. The second-order valence-electron chi connectivity index (χ2n) is 8.55. The third-order valence-electron chi connectivity index (χ3n) is 6.03. The smallest absolute Gasteiger partial charge is 0.331 e. The Bertz CT molecular complexity index is 1680. The van der Waals surface area contributed by atoms with E-state index in [1.165, 1.54) is 19.1 Å². The standard InChI is InChI=1S/C26H22F4N4O5S/c1-33(16-8-10-17(39-2)11-9-16)25(35)19(14-15-6-4-3-5-7-15)31-26(36)32-40(37,38)34-13-12-18-20(27)21(28)22(29)23(30)24(18)34/h3-13,19H,14H2,1-2H3,(H2,31,32,36)/t19-/m0/s1. The first kappa shape index (κ1) is 28.4. The van der Waals surface area contributed by atoms with Gasteiger partial charge in [0.15, 0.2) is 23.3 Å². The van der Waals surface area contributed by atoms with Crippen molar-refractivity contribution in [1.82, 2.24) is 14.0 Å². The lowest BCUT2D eigenvalue weighted by Gasteiger charge is -2.25. The molecule has 0 bridgehead atoms. The molecule has 0 aliphatic rings. The monoisotopic (exact) mass is 578 g/mol. The number of rotatable bonds is 8. The molecule has 0 fully saturated rings. The van der Waals surface area contributed by atoms with E-state index in [2.05, 4.69) is 5.32 Å². The van der Waals surface area contributed by atoms with Crippen LogP contribution in [0.5, 0.6) is 5.75 Å². The number of nitrogens with one attached hydrogen (secondary N) is 2. The lowest BCUT2D eigenvalue weighted by molar-refractivity contribution is -0.120. The van der Waals surface area contributed by atoms with Crippen molar-refractivity contribution in [3.05, 3.63) is 95.7 Å². The fourth-order valence-electron chi connectivity index (χ4n) is 3.99. The number of fused-ring (bicyclic) bond motifs is 1. The fraction of sp³-hybridized carbons (Fsp3) is 0.154. The molecule has 2 N–H and O–H groups in total. The molecule has 0 aliphatic carbocycles.